The van der Waals surface area contributed by atoms with Crippen molar-refractivity contribution in [1.29, 1.82) is 0 Å². The SMILES string of the molecule is Cc1ccc(NC(=O)CCC(=O)N/N=C/c2coc3cc(C)ccc3c2=O)cc1. The molecule has 2 amide bonds. The molecule has 0 aliphatic rings. The fourth-order valence-electron chi connectivity index (χ4n) is 2.66. The van der Waals surface area contributed by atoms with E-state index in [0.29, 0.717) is 16.7 Å². The van der Waals surface area contributed by atoms with Gasteiger partial charge in [0, 0.05) is 18.5 Å². The Labute approximate surface area is 167 Å². The summed E-state index contributed by atoms with van der Waals surface area (Å²) in [5, 5.41) is 6.95. The van der Waals surface area contributed by atoms with Crippen LogP contribution in [0, 0.1) is 13.8 Å². The van der Waals surface area contributed by atoms with E-state index in [1.54, 1.807) is 24.3 Å². The van der Waals surface area contributed by atoms with Crippen LogP contribution in [-0.4, -0.2) is 18.0 Å². The van der Waals surface area contributed by atoms with Gasteiger partial charge in [-0.3, -0.25) is 14.4 Å². The summed E-state index contributed by atoms with van der Waals surface area (Å²) in [7, 11) is 0. The second-order valence-corrected chi connectivity index (χ2v) is 6.73. The maximum atomic E-state index is 12.4. The van der Waals surface area contributed by atoms with Gasteiger partial charge in [0.05, 0.1) is 17.2 Å². The van der Waals surface area contributed by atoms with Crippen molar-refractivity contribution in [1.82, 2.24) is 5.43 Å². The summed E-state index contributed by atoms with van der Waals surface area (Å²) >= 11 is 0. The monoisotopic (exact) mass is 391 g/mol. The van der Waals surface area contributed by atoms with E-state index in [-0.39, 0.29) is 29.7 Å². The maximum absolute atomic E-state index is 12.4. The predicted octanol–water partition coefficient (Wildman–Crippen LogP) is 3.28. The van der Waals surface area contributed by atoms with Crippen molar-refractivity contribution in [3.05, 3.63) is 75.6 Å². The van der Waals surface area contributed by atoms with Crippen LogP contribution in [0.4, 0.5) is 5.69 Å². The minimum Gasteiger partial charge on any atom is -0.463 e. The van der Waals surface area contributed by atoms with Gasteiger partial charge in [0.15, 0.2) is 0 Å². The van der Waals surface area contributed by atoms with Gasteiger partial charge in [0.2, 0.25) is 17.2 Å². The Morgan fingerprint density at radius 1 is 1.00 bits per heavy atom. The summed E-state index contributed by atoms with van der Waals surface area (Å²) in [6.45, 7) is 3.87. The molecular weight excluding hydrogens is 370 g/mol. The van der Waals surface area contributed by atoms with Gasteiger partial charge in [-0.05, 0) is 43.7 Å². The van der Waals surface area contributed by atoms with Crippen molar-refractivity contribution in [2.45, 2.75) is 26.7 Å². The zero-order chi connectivity index (χ0) is 20.8. The highest BCUT2D eigenvalue weighted by Crippen LogP contribution is 2.13. The molecule has 2 N–H and O–H groups in total. The van der Waals surface area contributed by atoms with Gasteiger partial charge in [0.25, 0.3) is 0 Å². The van der Waals surface area contributed by atoms with E-state index < -0.39 is 5.91 Å². The van der Waals surface area contributed by atoms with Crippen LogP contribution in [0.1, 0.15) is 29.5 Å². The van der Waals surface area contributed by atoms with Crippen LogP contribution in [-0.2, 0) is 9.59 Å². The van der Waals surface area contributed by atoms with Gasteiger partial charge in [-0.15, -0.1) is 0 Å². The number of aryl methyl sites for hydroxylation is 2. The van der Waals surface area contributed by atoms with Crippen LogP contribution in [0.25, 0.3) is 11.0 Å². The molecule has 0 aliphatic carbocycles. The summed E-state index contributed by atoms with van der Waals surface area (Å²) < 4.78 is 5.45. The lowest BCUT2D eigenvalue weighted by Crippen LogP contribution is -2.21. The standard InChI is InChI=1S/C22H21N3O4/c1-14-3-6-17(7-4-14)24-20(26)9-10-21(27)25-23-12-16-13-29-19-11-15(2)5-8-18(19)22(16)28/h3-8,11-13H,9-10H2,1-2H3,(H,24,26)(H,25,27)/b23-12+. The predicted molar refractivity (Wildman–Crippen MR) is 112 cm³/mol. The molecule has 7 nitrogen and oxygen atoms in total. The number of amides is 2. The summed E-state index contributed by atoms with van der Waals surface area (Å²) in [5.74, 6) is -0.695. The molecule has 1 aromatic heterocycles. The molecule has 0 saturated heterocycles. The number of nitrogens with zero attached hydrogens (tertiary/aromatic N) is 1. The Kier molecular flexibility index (Phi) is 6.19. The minimum atomic E-state index is -0.430. The first-order valence-electron chi connectivity index (χ1n) is 9.13. The normalized spacial score (nSPS) is 11.0. The van der Waals surface area contributed by atoms with Crippen LogP contribution in [0.15, 0.2) is 63.0 Å². The third kappa shape index (κ3) is 5.38. The van der Waals surface area contributed by atoms with Crippen LogP contribution < -0.4 is 16.2 Å². The number of nitrogens with one attached hydrogen (secondary N) is 2. The maximum Gasteiger partial charge on any atom is 0.240 e. The van der Waals surface area contributed by atoms with Crippen molar-refractivity contribution in [2.24, 2.45) is 5.10 Å². The van der Waals surface area contributed by atoms with Crippen molar-refractivity contribution >= 4 is 34.7 Å². The molecule has 0 spiro atoms. The van der Waals surface area contributed by atoms with E-state index in [1.165, 1.54) is 12.5 Å². The number of hydrazone groups is 1. The van der Waals surface area contributed by atoms with E-state index in [4.69, 9.17) is 4.42 Å². The molecular formula is C22H21N3O4. The fraction of sp³-hybridized carbons (Fsp3) is 0.182. The van der Waals surface area contributed by atoms with Crippen molar-refractivity contribution in [3.63, 3.8) is 0 Å². The number of hydrogen-bond acceptors (Lipinski definition) is 5. The molecule has 0 fully saturated rings. The van der Waals surface area contributed by atoms with E-state index in [1.807, 2.05) is 32.0 Å². The van der Waals surface area contributed by atoms with Crippen LogP contribution >= 0.6 is 0 Å². The summed E-state index contributed by atoms with van der Waals surface area (Å²) in [5.41, 5.74) is 5.55. The molecule has 0 aliphatic heterocycles. The molecule has 0 atom stereocenters. The third-order valence-corrected chi connectivity index (χ3v) is 4.26. The quantitative estimate of drug-likeness (QED) is 0.497. The van der Waals surface area contributed by atoms with E-state index in [2.05, 4.69) is 15.8 Å². The summed E-state index contributed by atoms with van der Waals surface area (Å²) in [6.07, 6.45) is 2.53. The first kappa shape index (κ1) is 20.0. The van der Waals surface area contributed by atoms with E-state index in [9.17, 15) is 14.4 Å². The molecule has 0 bridgehead atoms. The molecule has 1 heterocycles. The van der Waals surface area contributed by atoms with Gasteiger partial charge < -0.3 is 9.73 Å². The third-order valence-electron chi connectivity index (χ3n) is 4.26. The van der Waals surface area contributed by atoms with Gasteiger partial charge in [0.1, 0.15) is 11.8 Å². The number of rotatable bonds is 6. The summed E-state index contributed by atoms with van der Waals surface area (Å²) in [6, 6.07) is 12.7. The lowest BCUT2D eigenvalue weighted by atomic mass is 10.1. The van der Waals surface area contributed by atoms with Crippen LogP contribution in [0.5, 0.6) is 0 Å². The van der Waals surface area contributed by atoms with E-state index >= 15 is 0 Å². The average molecular weight is 391 g/mol. The number of hydrogen-bond donors (Lipinski definition) is 2. The highest BCUT2D eigenvalue weighted by atomic mass is 16.3. The molecule has 0 unspecified atom stereocenters. The first-order valence-corrected chi connectivity index (χ1v) is 9.13. The Balaban J connectivity index is 1.52. The molecule has 7 heteroatoms. The topological polar surface area (TPSA) is 101 Å². The molecule has 2 aromatic carbocycles. The van der Waals surface area contributed by atoms with Gasteiger partial charge in [-0.2, -0.15) is 5.10 Å². The lowest BCUT2D eigenvalue weighted by Gasteiger charge is -2.05. The average Bonchev–Trinajstić information content (AvgIpc) is 2.70. The zero-order valence-corrected chi connectivity index (χ0v) is 16.2. The van der Waals surface area contributed by atoms with Crippen LogP contribution in [0.2, 0.25) is 0 Å². The molecule has 148 valence electrons. The lowest BCUT2D eigenvalue weighted by molar-refractivity contribution is -0.124. The molecule has 3 aromatic rings. The number of carbonyl (C=O) groups excluding carboxylic acids is 2. The number of benzene rings is 2. The Hall–Kier alpha value is -3.74. The fourth-order valence-corrected chi connectivity index (χ4v) is 2.66. The molecule has 0 saturated carbocycles. The largest absolute Gasteiger partial charge is 0.463 e. The smallest absolute Gasteiger partial charge is 0.240 e. The molecule has 3 rings (SSSR count). The van der Waals surface area contributed by atoms with Gasteiger partial charge in [-0.25, -0.2) is 5.43 Å². The number of fused-ring (bicyclic) bond motifs is 1. The first-order chi connectivity index (χ1) is 13.9. The Morgan fingerprint density at radius 2 is 1.69 bits per heavy atom. The summed E-state index contributed by atoms with van der Waals surface area (Å²) in [4.78, 5) is 36.2. The highest BCUT2D eigenvalue weighted by Gasteiger charge is 2.08. The van der Waals surface area contributed by atoms with Gasteiger partial charge in [-0.1, -0.05) is 23.8 Å². The van der Waals surface area contributed by atoms with Crippen LogP contribution in [0.3, 0.4) is 0 Å². The van der Waals surface area contributed by atoms with Crippen molar-refractivity contribution in [2.75, 3.05) is 5.32 Å². The minimum absolute atomic E-state index is 0.0205. The Morgan fingerprint density at radius 3 is 2.45 bits per heavy atom. The van der Waals surface area contributed by atoms with Gasteiger partial charge >= 0.3 is 0 Å². The Bertz CT molecular complexity index is 1130. The van der Waals surface area contributed by atoms with Crippen molar-refractivity contribution < 1.29 is 14.0 Å². The molecule has 29 heavy (non-hydrogen) atoms. The van der Waals surface area contributed by atoms with Crippen molar-refractivity contribution in [3.8, 4) is 0 Å². The number of carbonyl (C=O) groups is 2. The second-order valence-electron chi connectivity index (χ2n) is 6.73. The highest BCUT2D eigenvalue weighted by molar-refractivity contribution is 5.93. The zero-order valence-electron chi connectivity index (χ0n) is 16.2. The molecule has 0 radical (unpaired) electrons. The number of anilines is 1. The second kappa shape index (κ2) is 8.97. The van der Waals surface area contributed by atoms with E-state index in [0.717, 1.165) is 11.1 Å².